The zero-order valence-electron chi connectivity index (χ0n) is 9.50. The third-order valence-electron chi connectivity index (χ3n) is 3.59. The lowest BCUT2D eigenvalue weighted by Gasteiger charge is -2.24. The van der Waals surface area contributed by atoms with Gasteiger partial charge in [0.15, 0.2) is 0 Å². The van der Waals surface area contributed by atoms with Crippen LogP contribution in [0.1, 0.15) is 40.5 Å². The minimum absolute atomic E-state index is 0.0105. The van der Waals surface area contributed by atoms with Crippen molar-refractivity contribution >= 4 is 5.91 Å². The molecule has 0 radical (unpaired) electrons. The number of carbonyl (C=O) groups is 1. The van der Waals surface area contributed by atoms with Gasteiger partial charge >= 0.3 is 0 Å². The number of nitrogens with zero attached hydrogens (tertiary/aromatic N) is 1. The van der Waals surface area contributed by atoms with E-state index in [-0.39, 0.29) is 18.1 Å². The molecule has 0 bridgehead atoms. The monoisotopic (exact) mass is 196 g/mol. The molecule has 0 aromatic carbocycles. The van der Waals surface area contributed by atoms with Gasteiger partial charge in [0.25, 0.3) is 0 Å². The van der Waals surface area contributed by atoms with E-state index in [0.29, 0.717) is 11.5 Å². The molecule has 2 rings (SSSR count). The van der Waals surface area contributed by atoms with Crippen molar-refractivity contribution in [2.24, 2.45) is 5.41 Å². The number of hydrogen-bond donors (Lipinski definition) is 1. The molecule has 14 heavy (non-hydrogen) atoms. The Bertz CT molecular complexity index is 260. The maximum Gasteiger partial charge on any atom is 0.240 e. The van der Waals surface area contributed by atoms with E-state index >= 15 is 0 Å². The van der Waals surface area contributed by atoms with Gasteiger partial charge in [-0.1, -0.05) is 20.8 Å². The van der Waals surface area contributed by atoms with E-state index in [1.54, 1.807) is 0 Å². The van der Waals surface area contributed by atoms with Gasteiger partial charge in [0, 0.05) is 6.04 Å². The second-order valence-electron chi connectivity index (χ2n) is 5.27. The second kappa shape index (κ2) is 2.96. The minimum atomic E-state index is 0.0105. The van der Waals surface area contributed by atoms with Gasteiger partial charge < -0.3 is 4.90 Å². The lowest BCUT2D eigenvalue weighted by molar-refractivity contribution is -0.130. The summed E-state index contributed by atoms with van der Waals surface area (Å²) in [5, 5.41) is 3.34. The average molecular weight is 196 g/mol. The van der Waals surface area contributed by atoms with E-state index in [1.165, 1.54) is 0 Å². The summed E-state index contributed by atoms with van der Waals surface area (Å²) in [5.41, 5.74) is 0.342. The number of hydrogen-bond acceptors (Lipinski definition) is 2. The Morgan fingerprint density at radius 2 is 2.14 bits per heavy atom. The predicted molar refractivity (Wildman–Crippen MR) is 55.7 cm³/mol. The molecule has 2 aliphatic rings. The van der Waals surface area contributed by atoms with Crippen LogP contribution in [0.2, 0.25) is 0 Å². The Kier molecular flexibility index (Phi) is 2.11. The molecular weight excluding hydrogens is 176 g/mol. The first-order chi connectivity index (χ1) is 6.47. The molecule has 3 nitrogen and oxygen atoms in total. The highest BCUT2D eigenvalue weighted by Crippen LogP contribution is 2.50. The Morgan fingerprint density at radius 1 is 1.57 bits per heavy atom. The molecule has 1 saturated carbocycles. The Balaban J connectivity index is 2.13. The fraction of sp³-hybridized carbons (Fsp3) is 0.909. The van der Waals surface area contributed by atoms with Gasteiger partial charge in [0.1, 0.15) is 0 Å². The first-order valence-corrected chi connectivity index (χ1v) is 5.55. The first kappa shape index (κ1) is 9.97. The molecule has 3 unspecified atom stereocenters. The number of carbonyl (C=O) groups excluding carboxylic acids is 1. The van der Waals surface area contributed by atoms with Crippen LogP contribution in [-0.4, -0.2) is 29.1 Å². The molecule has 1 saturated heterocycles. The highest BCUT2D eigenvalue weighted by Gasteiger charge is 2.55. The number of rotatable bonds is 2. The summed E-state index contributed by atoms with van der Waals surface area (Å²) in [6, 6.07) is 0.480. The second-order valence-corrected chi connectivity index (χ2v) is 5.27. The fourth-order valence-electron chi connectivity index (χ4n) is 2.42. The van der Waals surface area contributed by atoms with Gasteiger partial charge in [0.2, 0.25) is 5.91 Å². The zero-order chi connectivity index (χ0) is 10.5. The van der Waals surface area contributed by atoms with Crippen LogP contribution in [0, 0.1) is 5.41 Å². The van der Waals surface area contributed by atoms with Crippen molar-refractivity contribution in [2.75, 3.05) is 0 Å². The van der Waals surface area contributed by atoms with E-state index in [2.05, 4.69) is 31.0 Å². The summed E-state index contributed by atoms with van der Waals surface area (Å²) in [5.74, 6) is 0.285. The van der Waals surface area contributed by atoms with Crippen molar-refractivity contribution in [3.05, 3.63) is 0 Å². The fourth-order valence-corrected chi connectivity index (χ4v) is 2.42. The van der Waals surface area contributed by atoms with E-state index in [4.69, 9.17) is 0 Å². The summed E-state index contributed by atoms with van der Waals surface area (Å²) in [6.07, 6.45) is 2.43. The van der Waals surface area contributed by atoms with Crippen LogP contribution in [0.15, 0.2) is 0 Å². The van der Waals surface area contributed by atoms with E-state index < -0.39 is 0 Å². The van der Waals surface area contributed by atoms with Gasteiger partial charge in [-0.05, 0) is 25.2 Å². The predicted octanol–water partition coefficient (Wildman–Crippen LogP) is 1.34. The van der Waals surface area contributed by atoms with Gasteiger partial charge in [-0.2, -0.15) is 0 Å². The lowest BCUT2D eigenvalue weighted by Crippen LogP contribution is -2.40. The average Bonchev–Trinajstić information content (AvgIpc) is 2.62. The minimum Gasteiger partial charge on any atom is -0.322 e. The Labute approximate surface area is 85.8 Å². The lowest BCUT2D eigenvalue weighted by atomic mass is 10.1. The summed E-state index contributed by atoms with van der Waals surface area (Å²) in [4.78, 5) is 14.0. The van der Waals surface area contributed by atoms with Crippen molar-refractivity contribution in [3.8, 4) is 0 Å². The molecule has 3 heteroatoms. The van der Waals surface area contributed by atoms with Crippen LogP contribution in [-0.2, 0) is 4.79 Å². The third kappa shape index (κ3) is 1.34. The van der Waals surface area contributed by atoms with Crippen LogP contribution < -0.4 is 5.32 Å². The largest absolute Gasteiger partial charge is 0.322 e. The highest BCUT2D eigenvalue weighted by molar-refractivity contribution is 5.84. The van der Waals surface area contributed by atoms with Crippen LogP contribution >= 0.6 is 0 Å². The topological polar surface area (TPSA) is 32.3 Å². The van der Waals surface area contributed by atoms with E-state index in [1.807, 2.05) is 6.92 Å². The zero-order valence-corrected chi connectivity index (χ0v) is 9.50. The van der Waals surface area contributed by atoms with E-state index in [9.17, 15) is 4.79 Å². The van der Waals surface area contributed by atoms with Gasteiger partial charge in [-0.25, -0.2) is 0 Å². The summed E-state index contributed by atoms with van der Waals surface area (Å²) in [7, 11) is 0. The summed E-state index contributed by atoms with van der Waals surface area (Å²) in [6.45, 7) is 8.56. The van der Waals surface area contributed by atoms with Crippen molar-refractivity contribution in [3.63, 3.8) is 0 Å². The van der Waals surface area contributed by atoms with E-state index in [0.717, 1.165) is 12.8 Å². The van der Waals surface area contributed by atoms with Gasteiger partial charge in [0.05, 0.1) is 12.2 Å². The third-order valence-corrected chi connectivity index (χ3v) is 3.59. The quantitative estimate of drug-likeness (QED) is 0.723. The normalized spacial score (nSPS) is 40.4. The van der Waals surface area contributed by atoms with Crippen molar-refractivity contribution in [1.29, 1.82) is 0 Å². The number of nitrogens with one attached hydrogen (secondary N) is 1. The summed E-state index contributed by atoms with van der Waals surface area (Å²) < 4.78 is 0. The molecule has 1 aliphatic carbocycles. The van der Waals surface area contributed by atoms with Crippen LogP contribution in [0.25, 0.3) is 0 Å². The van der Waals surface area contributed by atoms with Crippen LogP contribution in [0.3, 0.4) is 0 Å². The van der Waals surface area contributed by atoms with Crippen molar-refractivity contribution < 1.29 is 4.79 Å². The maximum atomic E-state index is 11.9. The smallest absolute Gasteiger partial charge is 0.240 e. The van der Waals surface area contributed by atoms with Crippen LogP contribution in [0.4, 0.5) is 0 Å². The molecule has 1 aliphatic heterocycles. The molecule has 3 atom stereocenters. The van der Waals surface area contributed by atoms with Gasteiger partial charge in [-0.3, -0.25) is 10.1 Å². The molecule has 0 aromatic heterocycles. The molecule has 0 spiro atoms. The highest BCUT2D eigenvalue weighted by atomic mass is 16.2. The van der Waals surface area contributed by atoms with Crippen molar-refractivity contribution in [2.45, 2.75) is 58.8 Å². The molecule has 1 amide bonds. The Hall–Kier alpha value is -0.570. The SMILES string of the molecule is CCC1NC(C)C(=O)N1C1CC1(C)C. The standard InChI is InChI=1S/C11H20N2O/c1-5-9-12-7(2)10(14)13(9)8-6-11(8,3)4/h7-9,12H,5-6H2,1-4H3. The Morgan fingerprint density at radius 3 is 2.57 bits per heavy atom. The maximum absolute atomic E-state index is 11.9. The number of amides is 1. The molecule has 80 valence electrons. The van der Waals surface area contributed by atoms with Crippen LogP contribution in [0.5, 0.6) is 0 Å². The molecular formula is C11H20N2O. The molecule has 1 N–H and O–H groups in total. The molecule has 2 fully saturated rings. The molecule has 1 heterocycles. The van der Waals surface area contributed by atoms with Gasteiger partial charge in [-0.15, -0.1) is 0 Å². The summed E-state index contributed by atoms with van der Waals surface area (Å²) >= 11 is 0. The first-order valence-electron chi connectivity index (χ1n) is 5.55. The molecule has 0 aromatic rings. The van der Waals surface area contributed by atoms with Crippen molar-refractivity contribution in [1.82, 2.24) is 10.2 Å².